The number of likely N-dealkylation sites (tertiary alicyclic amines) is 1. The number of nitrogens with one attached hydrogen (secondary N) is 2. The van der Waals surface area contributed by atoms with Crippen molar-refractivity contribution in [1.29, 1.82) is 0 Å². The van der Waals surface area contributed by atoms with Gasteiger partial charge in [0.1, 0.15) is 5.82 Å². The van der Waals surface area contributed by atoms with Gasteiger partial charge in [-0.25, -0.2) is 4.98 Å². The minimum atomic E-state index is 0.124. The maximum atomic E-state index is 12.8. The third-order valence-corrected chi connectivity index (χ3v) is 5.70. The first-order valence-corrected chi connectivity index (χ1v) is 10.1. The molecular weight excluding hydrogens is 338 g/mol. The van der Waals surface area contributed by atoms with E-state index in [1.807, 2.05) is 6.92 Å². The summed E-state index contributed by atoms with van der Waals surface area (Å²) in [5.41, 5.74) is 2.48. The lowest BCUT2D eigenvalue weighted by atomic mass is 9.97. The van der Waals surface area contributed by atoms with Gasteiger partial charge in [-0.2, -0.15) is 5.10 Å². The zero-order valence-corrected chi connectivity index (χ0v) is 16.2. The number of nitrogens with zero attached hydrogens (tertiary/aromatic N) is 3. The monoisotopic (exact) mass is 367 g/mol. The lowest BCUT2D eigenvalue weighted by Crippen LogP contribution is -2.43. The first-order chi connectivity index (χ1) is 13.1. The van der Waals surface area contributed by atoms with Gasteiger partial charge in [0, 0.05) is 12.5 Å². The number of aromatic nitrogens is 3. The Morgan fingerprint density at radius 3 is 2.70 bits per heavy atom. The van der Waals surface area contributed by atoms with Gasteiger partial charge in [-0.05, 0) is 57.6 Å². The molecule has 1 aromatic carbocycles. The van der Waals surface area contributed by atoms with E-state index in [9.17, 15) is 4.79 Å². The number of amides is 1. The number of rotatable bonds is 6. The summed E-state index contributed by atoms with van der Waals surface area (Å²) in [6, 6.07) is 8.72. The van der Waals surface area contributed by atoms with Gasteiger partial charge in [0.25, 0.3) is 0 Å². The number of hydrogen-bond donors (Lipinski definition) is 2. The molecule has 2 heterocycles. The maximum Gasteiger partial charge on any atom is 0.234 e. The molecule has 144 valence electrons. The molecule has 2 N–H and O–H groups in total. The van der Waals surface area contributed by atoms with Crippen LogP contribution in [-0.2, 0) is 4.79 Å². The van der Waals surface area contributed by atoms with Gasteiger partial charge in [-0.1, -0.05) is 29.8 Å². The summed E-state index contributed by atoms with van der Waals surface area (Å²) < 4.78 is 0. The first kappa shape index (κ1) is 18.2. The summed E-state index contributed by atoms with van der Waals surface area (Å²) in [5, 5.41) is 10.5. The number of carbonyl (C=O) groups excluding carboxylic acids is 1. The van der Waals surface area contributed by atoms with E-state index in [0.29, 0.717) is 18.4 Å². The Morgan fingerprint density at radius 2 is 2.04 bits per heavy atom. The summed E-state index contributed by atoms with van der Waals surface area (Å²) in [6.07, 6.45) is 4.57. The summed E-state index contributed by atoms with van der Waals surface area (Å²) in [7, 11) is 0. The highest BCUT2D eigenvalue weighted by molar-refractivity contribution is 5.78. The average Bonchev–Trinajstić information content (AvgIpc) is 3.41. The Morgan fingerprint density at radius 1 is 1.26 bits per heavy atom. The van der Waals surface area contributed by atoms with E-state index in [1.165, 1.54) is 24.0 Å². The van der Waals surface area contributed by atoms with E-state index < -0.39 is 0 Å². The molecule has 6 heteroatoms. The number of benzene rings is 1. The van der Waals surface area contributed by atoms with Crippen LogP contribution in [0.25, 0.3) is 0 Å². The van der Waals surface area contributed by atoms with Crippen molar-refractivity contribution >= 4 is 5.91 Å². The van der Waals surface area contributed by atoms with Crippen LogP contribution in [0.3, 0.4) is 0 Å². The van der Waals surface area contributed by atoms with Crippen molar-refractivity contribution in [3.05, 3.63) is 47.0 Å². The minimum absolute atomic E-state index is 0.124. The number of piperidine rings is 1. The van der Waals surface area contributed by atoms with Crippen molar-refractivity contribution in [2.75, 3.05) is 19.6 Å². The second-order valence-corrected chi connectivity index (χ2v) is 8.15. The highest BCUT2D eigenvalue weighted by Crippen LogP contribution is 2.41. The number of H-pyrrole nitrogens is 1. The molecule has 1 amide bonds. The molecule has 0 spiro atoms. The number of hydrogen-bond acceptors (Lipinski definition) is 4. The molecular formula is C21H29N5O. The number of aryl methyl sites for hydroxylation is 2. The molecule has 4 rings (SSSR count). The van der Waals surface area contributed by atoms with Crippen molar-refractivity contribution in [2.24, 2.45) is 5.92 Å². The molecule has 2 aliphatic rings. The molecule has 27 heavy (non-hydrogen) atoms. The normalized spacial score (nSPS) is 21.8. The summed E-state index contributed by atoms with van der Waals surface area (Å²) in [4.78, 5) is 19.5. The van der Waals surface area contributed by atoms with Crippen molar-refractivity contribution < 1.29 is 4.79 Å². The Balaban J connectivity index is 1.35. The lowest BCUT2D eigenvalue weighted by Gasteiger charge is -2.31. The summed E-state index contributed by atoms with van der Waals surface area (Å²) >= 11 is 0. The Hall–Kier alpha value is -2.21. The molecule has 1 aliphatic carbocycles. The van der Waals surface area contributed by atoms with Crippen LogP contribution in [0.5, 0.6) is 0 Å². The molecule has 0 unspecified atom stereocenters. The SMILES string of the molecule is Cc1ccc([C@@H](NC(=O)CN2CCC[C@H](c3n[nH]c(C)n3)C2)C2CC2)cc1. The van der Waals surface area contributed by atoms with Crippen LogP contribution in [0.4, 0.5) is 0 Å². The fourth-order valence-electron chi connectivity index (χ4n) is 4.05. The summed E-state index contributed by atoms with van der Waals surface area (Å²) in [6.45, 7) is 6.29. The Labute approximate surface area is 160 Å². The van der Waals surface area contributed by atoms with Gasteiger partial charge in [-0.3, -0.25) is 14.8 Å². The van der Waals surface area contributed by atoms with Gasteiger partial charge in [0.2, 0.25) is 5.91 Å². The van der Waals surface area contributed by atoms with E-state index in [1.54, 1.807) is 0 Å². The molecule has 0 radical (unpaired) electrons. The smallest absolute Gasteiger partial charge is 0.234 e. The highest BCUT2D eigenvalue weighted by Gasteiger charge is 2.34. The van der Waals surface area contributed by atoms with E-state index >= 15 is 0 Å². The predicted octanol–water partition coefficient (Wildman–Crippen LogP) is 2.87. The van der Waals surface area contributed by atoms with Crippen molar-refractivity contribution in [2.45, 2.75) is 51.5 Å². The average molecular weight is 367 g/mol. The van der Waals surface area contributed by atoms with E-state index in [4.69, 9.17) is 0 Å². The molecule has 2 aromatic rings. The lowest BCUT2D eigenvalue weighted by molar-refractivity contribution is -0.123. The van der Waals surface area contributed by atoms with E-state index in [-0.39, 0.29) is 11.9 Å². The van der Waals surface area contributed by atoms with Crippen molar-refractivity contribution in [3.63, 3.8) is 0 Å². The molecule has 1 saturated heterocycles. The van der Waals surface area contributed by atoms with Gasteiger partial charge in [0.05, 0.1) is 12.6 Å². The van der Waals surface area contributed by atoms with Gasteiger partial charge in [0.15, 0.2) is 5.82 Å². The molecule has 2 fully saturated rings. The largest absolute Gasteiger partial charge is 0.348 e. The van der Waals surface area contributed by atoms with Crippen molar-refractivity contribution in [3.8, 4) is 0 Å². The van der Waals surface area contributed by atoms with Crippen LogP contribution in [0.1, 0.15) is 60.4 Å². The molecule has 1 aliphatic heterocycles. The zero-order chi connectivity index (χ0) is 18.8. The second kappa shape index (κ2) is 7.80. The van der Waals surface area contributed by atoms with Crippen molar-refractivity contribution in [1.82, 2.24) is 25.4 Å². The van der Waals surface area contributed by atoms with Crippen LogP contribution < -0.4 is 5.32 Å². The van der Waals surface area contributed by atoms with Crippen LogP contribution >= 0.6 is 0 Å². The maximum absolute atomic E-state index is 12.8. The quantitative estimate of drug-likeness (QED) is 0.823. The zero-order valence-electron chi connectivity index (χ0n) is 16.2. The topological polar surface area (TPSA) is 73.9 Å². The summed E-state index contributed by atoms with van der Waals surface area (Å²) in [5.74, 6) is 2.76. The Kier molecular flexibility index (Phi) is 5.25. The highest BCUT2D eigenvalue weighted by atomic mass is 16.2. The standard InChI is InChI=1S/C21H29N5O/c1-14-5-7-16(8-6-14)20(17-9-10-17)23-19(27)13-26-11-3-4-18(12-26)21-22-15(2)24-25-21/h5-8,17-18,20H,3-4,9-13H2,1-2H3,(H,23,27)(H,22,24,25)/t18-,20+/m0/s1. The number of aromatic amines is 1. The van der Waals surface area contributed by atoms with Crippen LogP contribution in [-0.4, -0.2) is 45.6 Å². The van der Waals surface area contributed by atoms with E-state index in [0.717, 1.165) is 37.6 Å². The fourth-order valence-corrected chi connectivity index (χ4v) is 4.05. The van der Waals surface area contributed by atoms with Crippen LogP contribution in [0, 0.1) is 19.8 Å². The first-order valence-electron chi connectivity index (χ1n) is 10.1. The van der Waals surface area contributed by atoms with Crippen LogP contribution in [0.2, 0.25) is 0 Å². The molecule has 0 bridgehead atoms. The molecule has 6 nitrogen and oxygen atoms in total. The molecule has 1 saturated carbocycles. The van der Waals surface area contributed by atoms with Crippen LogP contribution in [0.15, 0.2) is 24.3 Å². The van der Waals surface area contributed by atoms with Gasteiger partial charge in [-0.15, -0.1) is 0 Å². The predicted molar refractivity (Wildman–Crippen MR) is 104 cm³/mol. The number of carbonyl (C=O) groups is 1. The minimum Gasteiger partial charge on any atom is -0.348 e. The van der Waals surface area contributed by atoms with Gasteiger partial charge >= 0.3 is 0 Å². The Bertz CT molecular complexity index is 780. The molecule has 2 atom stereocenters. The second-order valence-electron chi connectivity index (χ2n) is 8.15. The third kappa shape index (κ3) is 4.56. The van der Waals surface area contributed by atoms with Gasteiger partial charge < -0.3 is 5.32 Å². The van der Waals surface area contributed by atoms with E-state index in [2.05, 4.69) is 56.6 Å². The molecule has 1 aromatic heterocycles. The fraction of sp³-hybridized carbons (Fsp3) is 0.571. The third-order valence-electron chi connectivity index (χ3n) is 5.70.